The van der Waals surface area contributed by atoms with Crippen molar-refractivity contribution >= 4 is 11.8 Å². The third-order valence-corrected chi connectivity index (χ3v) is 3.95. The minimum absolute atomic E-state index is 0.0233. The topological polar surface area (TPSA) is 69.6 Å². The second-order valence-corrected chi connectivity index (χ2v) is 6.71. The maximum Gasteiger partial charge on any atom is 0.242 e. The molecule has 5 nitrogen and oxygen atoms in total. The van der Waals surface area contributed by atoms with Crippen LogP contribution in [0.2, 0.25) is 0 Å². The van der Waals surface area contributed by atoms with E-state index in [1.807, 2.05) is 6.92 Å². The average Bonchev–Trinajstić information content (AvgIpc) is 2.42. The molecule has 1 rings (SSSR count). The summed E-state index contributed by atoms with van der Waals surface area (Å²) in [5.74, 6) is 0.304. The zero-order valence-electron chi connectivity index (χ0n) is 13.7. The minimum atomic E-state index is -0.919. The van der Waals surface area contributed by atoms with Crippen molar-refractivity contribution in [2.75, 3.05) is 19.6 Å². The molecule has 0 aromatic carbocycles. The molecule has 0 aliphatic heterocycles. The standard InChI is InChI=1S/C16H30N2O3/c1-4-18(12-16(2,3)21)15(20)11-17-14(19)10-13-8-6-5-7-9-13/h13,21H,4-12H2,1-3H3,(H,17,19). The first-order valence-electron chi connectivity index (χ1n) is 8.08. The molecule has 0 saturated heterocycles. The quantitative estimate of drug-likeness (QED) is 0.751. The summed E-state index contributed by atoms with van der Waals surface area (Å²) < 4.78 is 0. The van der Waals surface area contributed by atoms with E-state index in [1.165, 1.54) is 19.3 Å². The van der Waals surface area contributed by atoms with Gasteiger partial charge < -0.3 is 15.3 Å². The molecule has 0 radical (unpaired) electrons. The van der Waals surface area contributed by atoms with Crippen LogP contribution in [-0.4, -0.2) is 47.1 Å². The fraction of sp³-hybridized carbons (Fsp3) is 0.875. The summed E-state index contributed by atoms with van der Waals surface area (Å²) in [6.45, 7) is 6.04. The number of nitrogens with zero attached hydrogens (tertiary/aromatic N) is 1. The predicted molar refractivity (Wildman–Crippen MR) is 82.8 cm³/mol. The zero-order valence-corrected chi connectivity index (χ0v) is 13.7. The number of carbonyl (C=O) groups excluding carboxylic acids is 2. The largest absolute Gasteiger partial charge is 0.389 e. The molecule has 1 fully saturated rings. The second-order valence-electron chi connectivity index (χ2n) is 6.71. The van der Waals surface area contributed by atoms with Gasteiger partial charge in [0.2, 0.25) is 11.8 Å². The molecule has 1 aliphatic carbocycles. The van der Waals surface area contributed by atoms with Crippen LogP contribution >= 0.6 is 0 Å². The summed E-state index contributed by atoms with van der Waals surface area (Å²) in [5.41, 5.74) is -0.919. The van der Waals surface area contributed by atoms with E-state index in [0.717, 1.165) is 12.8 Å². The highest BCUT2D eigenvalue weighted by atomic mass is 16.3. The molecule has 1 saturated carbocycles. The first-order chi connectivity index (χ1) is 9.81. The van der Waals surface area contributed by atoms with Crippen LogP contribution in [-0.2, 0) is 9.59 Å². The van der Waals surface area contributed by atoms with Crippen molar-refractivity contribution < 1.29 is 14.7 Å². The van der Waals surface area contributed by atoms with Gasteiger partial charge in [-0.1, -0.05) is 19.3 Å². The van der Waals surface area contributed by atoms with Crippen molar-refractivity contribution in [1.29, 1.82) is 0 Å². The van der Waals surface area contributed by atoms with Crippen molar-refractivity contribution in [3.63, 3.8) is 0 Å². The maximum absolute atomic E-state index is 12.0. The van der Waals surface area contributed by atoms with E-state index in [0.29, 0.717) is 18.9 Å². The Labute approximate surface area is 128 Å². The molecule has 122 valence electrons. The Balaban J connectivity index is 2.31. The van der Waals surface area contributed by atoms with E-state index in [4.69, 9.17) is 0 Å². The summed E-state index contributed by atoms with van der Waals surface area (Å²) in [4.78, 5) is 25.5. The lowest BCUT2D eigenvalue weighted by molar-refractivity contribution is -0.135. The molecule has 2 amide bonds. The minimum Gasteiger partial charge on any atom is -0.389 e. The van der Waals surface area contributed by atoms with Crippen molar-refractivity contribution in [3.8, 4) is 0 Å². The van der Waals surface area contributed by atoms with E-state index in [1.54, 1.807) is 18.7 Å². The Morgan fingerprint density at radius 1 is 1.24 bits per heavy atom. The van der Waals surface area contributed by atoms with Gasteiger partial charge in [-0.3, -0.25) is 9.59 Å². The van der Waals surface area contributed by atoms with Crippen LogP contribution in [0.25, 0.3) is 0 Å². The lowest BCUT2D eigenvalue weighted by Gasteiger charge is -2.28. The third-order valence-electron chi connectivity index (χ3n) is 3.95. The van der Waals surface area contributed by atoms with Crippen LogP contribution in [0.4, 0.5) is 0 Å². The van der Waals surface area contributed by atoms with Crippen LogP contribution in [0.1, 0.15) is 59.3 Å². The first-order valence-corrected chi connectivity index (χ1v) is 8.08. The number of carbonyl (C=O) groups is 2. The summed E-state index contributed by atoms with van der Waals surface area (Å²) in [6, 6.07) is 0. The van der Waals surface area contributed by atoms with Gasteiger partial charge in [-0.05, 0) is 39.5 Å². The molecular formula is C16H30N2O3. The number of rotatable bonds is 7. The van der Waals surface area contributed by atoms with E-state index in [2.05, 4.69) is 5.32 Å². The lowest BCUT2D eigenvalue weighted by atomic mass is 9.87. The summed E-state index contributed by atoms with van der Waals surface area (Å²) in [6.07, 6.45) is 6.49. The van der Waals surface area contributed by atoms with Gasteiger partial charge in [0.15, 0.2) is 0 Å². The van der Waals surface area contributed by atoms with E-state index >= 15 is 0 Å². The number of hydrogen-bond donors (Lipinski definition) is 2. The molecule has 0 heterocycles. The molecule has 0 atom stereocenters. The van der Waals surface area contributed by atoms with Crippen LogP contribution in [0.5, 0.6) is 0 Å². The highest BCUT2D eigenvalue weighted by Crippen LogP contribution is 2.25. The van der Waals surface area contributed by atoms with Crippen LogP contribution in [0.15, 0.2) is 0 Å². The smallest absolute Gasteiger partial charge is 0.242 e. The van der Waals surface area contributed by atoms with Gasteiger partial charge in [-0.15, -0.1) is 0 Å². The molecule has 0 unspecified atom stereocenters. The van der Waals surface area contributed by atoms with Crippen molar-refractivity contribution in [1.82, 2.24) is 10.2 Å². The number of likely N-dealkylation sites (N-methyl/N-ethyl adjacent to an activating group) is 1. The molecule has 5 heteroatoms. The summed E-state index contributed by atoms with van der Waals surface area (Å²) in [5, 5.41) is 12.5. The SMILES string of the molecule is CCN(CC(C)(C)O)C(=O)CNC(=O)CC1CCCCC1. The molecule has 0 aromatic rings. The fourth-order valence-corrected chi connectivity index (χ4v) is 2.86. The van der Waals surface area contributed by atoms with E-state index in [9.17, 15) is 14.7 Å². The van der Waals surface area contributed by atoms with Crippen molar-refractivity contribution in [2.24, 2.45) is 5.92 Å². The Hall–Kier alpha value is -1.10. The predicted octanol–water partition coefficient (Wildman–Crippen LogP) is 1.69. The Morgan fingerprint density at radius 3 is 2.38 bits per heavy atom. The molecule has 0 spiro atoms. The molecule has 2 N–H and O–H groups in total. The number of amides is 2. The highest BCUT2D eigenvalue weighted by Gasteiger charge is 2.22. The monoisotopic (exact) mass is 298 g/mol. The second kappa shape index (κ2) is 8.37. The Bertz CT molecular complexity index is 344. The fourth-order valence-electron chi connectivity index (χ4n) is 2.86. The van der Waals surface area contributed by atoms with Crippen LogP contribution in [0.3, 0.4) is 0 Å². The van der Waals surface area contributed by atoms with Crippen molar-refractivity contribution in [3.05, 3.63) is 0 Å². The summed E-state index contributed by atoms with van der Waals surface area (Å²) in [7, 11) is 0. The van der Waals surface area contributed by atoms with E-state index < -0.39 is 5.60 Å². The zero-order chi connectivity index (χ0) is 15.9. The van der Waals surface area contributed by atoms with Gasteiger partial charge >= 0.3 is 0 Å². The number of nitrogens with one attached hydrogen (secondary N) is 1. The van der Waals surface area contributed by atoms with Crippen LogP contribution < -0.4 is 5.32 Å². The van der Waals surface area contributed by atoms with Crippen LogP contribution in [0, 0.1) is 5.92 Å². The van der Waals surface area contributed by atoms with Gasteiger partial charge in [0, 0.05) is 19.5 Å². The molecular weight excluding hydrogens is 268 g/mol. The number of hydrogen-bond acceptors (Lipinski definition) is 3. The lowest BCUT2D eigenvalue weighted by Crippen LogP contribution is -2.46. The summed E-state index contributed by atoms with van der Waals surface area (Å²) >= 11 is 0. The molecule has 1 aliphatic rings. The third kappa shape index (κ3) is 7.46. The Kier molecular flexibility index (Phi) is 7.15. The van der Waals surface area contributed by atoms with Gasteiger partial charge in [-0.2, -0.15) is 0 Å². The van der Waals surface area contributed by atoms with Gasteiger partial charge in [0.05, 0.1) is 12.1 Å². The molecule has 0 aromatic heterocycles. The van der Waals surface area contributed by atoms with Crippen molar-refractivity contribution in [2.45, 2.75) is 64.9 Å². The maximum atomic E-state index is 12.0. The highest BCUT2D eigenvalue weighted by molar-refractivity contribution is 5.84. The average molecular weight is 298 g/mol. The molecule has 0 bridgehead atoms. The van der Waals surface area contributed by atoms with Gasteiger partial charge in [0.1, 0.15) is 0 Å². The van der Waals surface area contributed by atoms with Gasteiger partial charge in [-0.25, -0.2) is 0 Å². The first kappa shape index (κ1) is 18.0. The number of aliphatic hydroxyl groups is 1. The van der Waals surface area contributed by atoms with E-state index in [-0.39, 0.29) is 24.9 Å². The molecule has 21 heavy (non-hydrogen) atoms. The van der Waals surface area contributed by atoms with Gasteiger partial charge in [0.25, 0.3) is 0 Å². The normalized spacial score (nSPS) is 16.6. The Morgan fingerprint density at radius 2 is 1.86 bits per heavy atom.